The van der Waals surface area contributed by atoms with Gasteiger partial charge >= 0.3 is 5.97 Å². The summed E-state index contributed by atoms with van der Waals surface area (Å²) in [5.74, 6) is 0.195. The monoisotopic (exact) mass is 240 g/mol. The van der Waals surface area contributed by atoms with E-state index in [4.69, 9.17) is 4.74 Å². The molecule has 1 aromatic carbocycles. The van der Waals surface area contributed by atoms with Crippen LogP contribution in [0.15, 0.2) is 42.9 Å². The summed E-state index contributed by atoms with van der Waals surface area (Å²) in [7, 11) is 0. The van der Waals surface area contributed by atoms with Gasteiger partial charge in [-0.15, -0.1) is 0 Å². The topological polar surface area (TPSA) is 52.1 Å². The van der Waals surface area contributed by atoms with Crippen LogP contribution in [0.1, 0.15) is 18.2 Å². The predicted octanol–water partition coefficient (Wildman–Crippen LogP) is 2.57. The molecule has 18 heavy (non-hydrogen) atoms. The lowest BCUT2D eigenvalue weighted by atomic mass is 10.2. The van der Waals surface area contributed by atoms with Crippen molar-refractivity contribution in [2.24, 2.45) is 0 Å². The SMILES string of the molecule is CC(=O)Oc1ccccc1/C=C/c1cnccn1. The van der Waals surface area contributed by atoms with Crippen LogP contribution in [0.3, 0.4) is 0 Å². The van der Waals surface area contributed by atoms with Crippen molar-refractivity contribution in [1.82, 2.24) is 9.97 Å². The molecule has 4 heteroatoms. The molecule has 0 aliphatic rings. The summed E-state index contributed by atoms with van der Waals surface area (Å²) in [6, 6.07) is 7.31. The lowest BCUT2D eigenvalue weighted by molar-refractivity contribution is -0.131. The minimum absolute atomic E-state index is 0.338. The van der Waals surface area contributed by atoms with E-state index in [0.717, 1.165) is 11.3 Å². The zero-order valence-electron chi connectivity index (χ0n) is 9.91. The molecule has 1 heterocycles. The molecule has 90 valence electrons. The first-order chi connectivity index (χ1) is 8.75. The molecule has 2 rings (SSSR count). The summed E-state index contributed by atoms with van der Waals surface area (Å²) in [6.07, 6.45) is 8.55. The van der Waals surface area contributed by atoms with E-state index in [9.17, 15) is 4.79 Å². The van der Waals surface area contributed by atoms with Crippen LogP contribution < -0.4 is 4.74 Å². The normalized spacial score (nSPS) is 10.5. The van der Waals surface area contributed by atoms with Gasteiger partial charge in [0, 0.05) is 24.9 Å². The number of para-hydroxylation sites is 1. The molecule has 0 N–H and O–H groups in total. The molecule has 0 unspecified atom stereocenters. The van der Waals surface area contributed by atoms with Crippen LogP contribution in [0, 0.1) is 0 Å². The van der Waals surface area contributed by atoms with Crippen molar-refractivity contribution in [1.29, 1.82) is 0 Å². The Hall–Kier alpha value is -2.49. The lowest BCUT2D eigenvalue weighted by Gasteiger charge is -2.04. The molecule has 0 saturated heterocycles. The Morgan fingerprint density at radius 1 is 1.22 bits per heavy atom. The van der Waals surface area contributed by atoms with Gasteiger partial charge in [0.1, 0.15) is 5.75 Å². The van der Waals surface area contributed by atoms with Gasteiger partial charge in [0.25, 0.3) is 0 Å². The smallest absolute Gasteiger partial charge is 0.308 e. The first-order valence-corrected chi connectivity index (χ1v) is 5.47. The van der Waals surface area contributed by atoms with Gasteiger partial charge in [-0.3, -0.25) is 14.8 Å². The Morgan fingerprint density at radius 2 is 2.06 bits per heavy atom. The van der Waals surface area contributed by atoms with Crippen molar-refractivity contribution in [2.45, 2.75) is 6.92 Å². The van der Waals surface area contributed by atoms with Gasteiger partial charge in [-0.2, -0.15) is 0 Å². The Labute approximate surface area is 105 Å². The number of nitrogens with zero attached hydrogens (tertiary/aromatic N) is 2. The Morgan fingerprint density at radius 3 is 2.78 bits per heavy atom. The number of carbonyl (C=O) groups excluding carboxylic acids is 1. The van der Waals surface area contributed by atoms with Gasteiger partial charge in [-0.1, -0.05) is 18.2 Å². The zero-order chi connectivity index (χ0) is 12.8. The van der Waals surface area contributed by atoms with Crippen molar-refractivity contribution < 1.29 is 9.53 Å². The van der Waals surface area contributed by atoms with Gasteiger partial charge < -0.3 is 4.74 Å². The largest absolute Gasteiger partial charge is 0.426 e. The Bertz CT molecular complexity index is 565. The fraction of sp³-hybridized carbons (Fsp3) is 0.0714. The summed E-state index contributed by atoms with van der Waals surface area (Å²) in [5.41, 5.74) is 1.56. The van der Waals surface area contributed by atoms with E-state index in [1.54, 1.807) is 24.7 Å². The molecule has 1 aromatic heterocycles. The lowest BCUT2D eigenvalue weighted by Crippen LogP contribution is -2.02. The molecule has 0 saturated carbocycles. The minimum Gasteiger partial charge on any atom is -0.426 e. The summed E-state index contributed by atoms with van der Waals surface area (Å²) in [6.45, 7) is 1.38. The molecule has 0 aliphatic heterocycles. The first kappa shape index (κ1) is 12.0. The molecule has 0 atom stereocenters. The van der Waals surface area contributed by atoms with Crippen LogP contribution in [0.25, 0.3) is 12.2 Å². The van der Waals surface area contributed by atoms with Crippen LogP contribution >= 0.6 is 0 Å². The number of hydrogen-bond donors (Lipinski definition) is 0. The molecule has 0 spiro atoms. The maximum Gasteiger partial charge on any atom is 0.308 e. The highest BCUT2D eigenvalue weighted by atomic mass is 16.5. The molecule has 0 radical (unpaired) electrons. The highest BCUT2D eigenvalue weighted by Gasteiger charge is 2.02. The molecule has 0 amide bonds. The standard InChI is InChI=1S/C14H12N2O2/c1-11(17)18-14-5-3-2-4-12(14)6-7-13-10-15-8-9-16-13/h2-10H,1H3/b7-6+. The molecule has 2 aromatic rings. The molecule has 0 aliphatic carbocycles. The second-order valence-corrected chi connectivity index (χ2v) is 3.60. The predicted molar refractivity (Wildman–Crippen MR) is 68.7 cm³/mol. The van der Waals surface area contributed by atoms with E-state index in [-0.39, 0.29) is 5.97 Å². The van der Waals surface area contributed by atoms with Gasteiger partial charge in [-0.25, -0.2) is 0 Å². The van der Waals surface area contributed by atoms with Crippen LogP contribution in [0.4, 0.5) is 0 Å². The van der Waals surface area contributed by atoms with Crippen LogP contribution in [-0.4, -0.2) is 15.9 Å². The van der Waals surface area contributed by atoms with Crippen molar-refractivity contribution in [3.8, 4) is 5.75 Å². The summed E-state index contributed by atoms with van der Waals surface area (Å²) in [4.78, 5) is 19.1. The average Bonchev–Trinajstić information content (AvgIpc) is 2.38. The third-order valence-corrected chi connectivity index (χ3v) is 2.19. The van der Waals surface area contributed by atoms with E-state index in [1.807, 2.05) is 30.4 Å². The van der Waals surface area contributed by atoms with E-state index < -0.39 is 0 Å². The van der Waals surface area contributed by atoms with E-state index in [0.29, 0.717) is 5.75 Å². The Balaban J connectivity index is 2.23. The van der Waals surface area contributed by atoms with Crippen LogP contribution in [-0.2, 0) is 4.79 Å². The summed E-state index contributed by atoms with van der Waals surface area (Å²) < 4.78 is 5.11. The third-order valence-electron chi connectivity index (χ3n) is 2.19. The number of benzene rings is 1. The average molecular weight is 240 g/mol. The number of rotatable bonds is 3. The summed E-state index contributed by atoms with van der Waals surface area (Å²) in [5, 5.41) is 0. The van der Waals surface area contributed by atoms with Crippen molar-refractivity contribution in [3.63, 3.8) is 0 Å². The van der Waals surface area contributed by atoms with Crippen molar-refractivity contribution in [3.05, 3.63) is 54.1 Å². The van der Waals surface area contributed by atoms with Crippen LogP contribution in [0.2, 0.25) is 0 Å². The highest BCUT2D eigenvalue weighted by Crippen LogP contribution is 2.20. The van der Waals surface area contributed by atoms with Gasteiger partial charge in [0.15, 0.2) is 0 Å². The van der Waals surface area contributed by atoms with E-state index in [1.165, 1.54) is 6.92 Å². The number of esters is 1. The zero-order valence-corrected chi connectivity index (χ0v) is 9.91. The van der Waals surface area contributed by atoms with Crippen molar-refractivity contribution in [2.75, 3.05) is 0 Å². The molecule has 0 bridgehead atoms. The van der Waals surface area contributed by atoms with Gasteiger partial charge in [-0.05, 0) is 18.2 Å². The Kier molecular flexibility index (Phi) is 3.81. The fourth-order valence-corrected chi connectivity index (χ4v) is 1.44. The minimum atomic E-state index is -0.338. The fourth-order valence-electron chi connectivity index (χ4n) is 1.44. The number of carbonyl (C=O) groups is 1. The van der Waals surface area contributed by atoms with E-state index in [2.05, 4.69) is 9.97 Å². The van der Waals surface area contributed by atoms with E-state index >= 15 is 0 Å². The maximum absolute atomic E-state index is 11.0. The second kappa shape index (κ2) is 5.72. The number of aromatic nitrogens is 2. The quantitative estimate of drug-likeness (QED) is 0.611. The molecular weight excluding hydrogens is 228 g/mol. The summed E-state index contributed by atoms with van der Waals surface area (Å²) >= 11 is 0. The first-order valence-electron chi connectivity index (χ1n) is 5.47. The molecule has 4 nitrogen and oxygen atoms in total. The van der Waals surface area contributed by atoms with Gasteiger partial charge in [0.05, 0.1) is 11.9 Å². The van der Waals surface area contributed by atoms with Gasteiger partial charge in [0.2, 0.25) is 0 Å². The highest BCUT2D eigenvalue weighted by molar-refractivity contribution is 5.75. The molecular formula is C14H12N2O2. The second-order valence-electron chi connectivity index (χ2n) is 3.60. The maximum atomic E-state index is 11.0. The number of hydrogen-bond acceptors (Lipinski definition) is 4. The van der Waals surface area contributed by atoms with Crippen LogP contribution in [0.5, 0.6) is 5.75 Å². The molecule has 0 fully saturated rings. The van der Waals surface area contributed by atoms with Crippen molar-refractivity contribution >= 4 is 18.1 Å². The third kappa shape index (κ3) is 3.25. The number of ether oxygens (including phenoxy) is 1.